The second kappa shape index (κ2) is 6.18. The molecular weight excluding hydrogens is 184 g/mol. The SMILES string of the molecule is CCOC(=O)C(=CC(C)C)CC(=O)O. The van der Waals surface area contributed by atoms with Crippen LogP contribution in [0.25, 0.3) is 0 Å². The van der Waals surface area contributed by atoms with Crippen LogP contribution in [0.4, 0.5) is 0 Å². The average molecular weight is 200 g/mol. The maximum atomic E-state index is 11.3. The summed E-state index contributed by atoms with van der Waals surface area (Å²) in [6.07, 6.45) is 1.34. The van der Waals surface area contributed by atoms with Gasteiger partial charge in [-0.25, -0.2) is 4.79 Å². The lowest BCUT2D eigenvalue weighted by atomic mass is 10.1. The normalized spacial score (nSPS) is 11.6. The summed E-state index contributed by atoms with van der Waals surface area (Å²) in [4.78, 5) is 21.7. The molecule has 0 aromatic heterocycles. The van der Waals surface area contributed by atoms with Gasteiger partial charge in [-0.15, -0.1) is 0 Å². The van der Waals surface area contributed by atoms with Crippen LogP contribution in [-0.4, -0.2) is 23.7 Å². The van der Waals surface area contributed by atoms with Gasteiger partial charge in [0.25, 0.3) is 0 Å². The van der Waals surface area contributed by atoms with Crippen LogP contribution >= 0.6 is 0 Å². The Kier molecular flexibility index (Phi) is 5.60. The highest BCUT2D eigenvalue weighted by Crippen LogP contribution is 2.09. The maximum Gasteiger partial charge on any atom is 0.334 e. The van der Waals surface area contributed by atoms with Gasteiger partial charge < -0.3 is 9.84 Å². The van der Waals surface area contributed by atoms with Crippen LogP contribution in [0.3, 0.4) is 0 Å². The van der Waals surface area contributed by atoms with Crippen LogP contribution in [0.2, 0.25) is 0 Å². The lowest BCUT2D eigenvalue weighted by Gasteiger charge is -2.05. The molecule has 0 saturated carbocycles. The summed E-state index contributed by atoms with van der Waals surface area (Å²) >= 11 is 0. The Morgan fingerprint density at radius 2 is 2.00 bits per heavy atom. The quantitative estimate of drug-likeness (QED) is 0.541. The molecule has 4 heteroatoms. The first-order valence-electron chi connectivity index (χ1n) is 4.57. The summed E-state index contributed by atoms with van der Waals surface area (Å²) in [5, 5.41) is 8.57. The lowest BCUT2D eigenvalue weighted by Crippen LogP contribution is -2.12. The van der Waals surface area contributed by atoms with Crippen molar-refractivity contribution in [2.45, 2.75) is 27.2 Å². The van der Waals surface area contributed by atoms with Gasteiger partial charge in [0.05, 0.1) is 13.0 Å². The van der Waals surface area contributed by atoms with Gasteiger partial charge in [0.1, 0.15) is 0 Å². The smallest absolute Gasteiger partial charge is 0.334 e. The number of rotatable bonds is 5. The van der Waals surface area contributed by atoms with Crippen LogP contribution in [0, 0.1) is 5.92 Å². The molecule has 1 N–H and O–H groups in total. The van der Waals surface area contributed by atoms with Crippen LogP contribution < -0.4 is 0 Å². The zero-order valence-electron chi connectivity index (χ0n) is 8.74. The van der Waals surface area contributed by atoms with E-state index in [2.05, 4.69) is 0 Å². The Morgan fingerprint density at radius 1 is 1.43 bits per heavy atom. The minimum atomic E-state index is -1.02. The minimum absolute atomic E-state index is 0.133. The molecule has 0 heterocycles. The highest BCUT2D eigenvalue weighted by atomic mass is 16.5. The highest BCUT2D eigenvalue weighted by Gasteiger charge is 2.14. The van der Waals surface area contributed by atoms with Gasteiger partial charge >= 0.3 is 11.9 Å². The molecule has 0 rings (SSSR count). The Balaban J connectivity index is 4.54. The van der Waals surface area contributed by atoms with E-state index in [4.69, 9.17) is 9.84 Å². The summed E-state index contributed by atoms with van der Waals surface area (Å²) in [6.45, 7) is 5.70. The molecule has 80 valence electrons. The molecule has 0 radical (unpaired) electrons. The standard InChI is InChI=1S/C10H16O4/c1-4-14-10(13)8(5-7(2)3)6-9(11)12/h5,7H,4,6H2,1-3H3,(H,11,12). The van der Waals surface area contributed by atoms with Gasteiger partial charge in [0, 0.05) is 5.57 Å². The first-order valence-corrected chi connectivity index (χ1v) is 4.57. The molecular formula is C10H16O4. The molecule has 0 spiro atoms. The van der Waals surface area contributed by atoms with Crippen molar-refractivity contribution >= 4 is 11.9 Å². The number of carbonyl (C=O) groups is 2. The van der Waals surface area contributed by atoms with Crippen LogP contribution in [-0.2, 0) is 14.3 Å². The van der Waals surface area contributed by atoms with E-state index in [1.54, 1.807) is 13.0 Å². The first-order chi connectivity index (χ1) is 6.47. The molecule has 14 heavy (non-hydrogen) atoms. The molecule has 0 saturated heterocycles. The van der Waals surface area contributed by atoms with Crippen LogP contribution in [0.15, 0.2) is 11.6 Å². The number of hydrogen-bond donors (Lipinski definition) is 1. The van der Waals surface area contributed by atoms with E-state index >= 15 is 0 Å². The third-order valence-corrected chi connectivity index (χ3v) is 1.41. The van der Waals surface area contributed by atoms with Crippen molar-refractivity contribution in [1.29, 1.82) is 0 Å². The zero-order valence-corrected chi connectivity index (χ0v) is 8.74. The summed E-state index contributed by atoms with van der Waals surface area (Å²) in [5.41, 5.74) is 0.217. The number of ether oxygens (including phenoxy) is 1. The van der Waals surface area contributed by atoms with E-state index in [1.807, 2.05) is 13.8 Å². The van der Waals surface area contributed by atoms with Gasteiger partial charge in [-0.2, -0.15) is 0 Å². The van der Waals surface area contributed by atoms with Gasteiger partial charge in [0.15, 0.2) is 0 Å². The fourth-order valence-electron chi connectivity index (χ4n) is 0.988. The summed E-state index contributed by atoms with van der Waals surface area (Å²) < 4.78 is 4.74. The topological polar surface area (TPSA) is 63.6 Å². The second-order valence-corrected chi connectivity index (χ2v) is 3.23. The van der Waals surface area contributed by atoms with E-state index in [9.17, 15) is 9.59 Å². The Bertz CT molecular complexity index is 241. The summed E-state index contributed by atoms with van der Waals surface area (Å²) in [6, 6.07) is 0. The molecule has 0 atom stereocenters. The van der Waals surface area contributed by atoms with Gasteiger partial charge in [0.2, 0.25) is 0 Å². The molecule has 0 amide bonds. The van der Waals surface area contributed by atoms with Gasteiger partial charge in [-0.05, 0) is 12.8 Å². The molecule has 0 aromatic rings. The van der Waals surface area contributed by atoms with Crippen molar-refractivity contribution in [3.63, 3.8) is 0 Å². The van der Waals surface area contributed by atoms with Crippen LogP contribution in [0.5, 0.6) is 0 Å². The first kappa shape index (κ1) is 12.7. The van der Waals surface area contributed by atoms with E-state index in [1.165, 1.54) is 0 Å². The van der Waals surface area contributed by atoms with Crippen molar-refractivity contribution in [2.24, 2.45) is 5.92 Å². The molecule has 0 bridgehead atoms. The Hall–Kier alpha value is -1.32. The molecule has 0 aromatic carbocycles. The second-order valence-electron chi connectivity index (χ2n) is 3.23. The predicted molar refractivity (Wildman–Crippen MR) is 51.8 cm³/mol. The number of carboxylic acids is 1. The number of allylic oxidation sites excluding steroid dienone is 1. The number of hydrogen-bond acceptors (Lipinski definition) is 3. The largest absolute Gasteiger partial charge is 0.481 e. The van der Waals surface area contributed by atoms with Crippen LogP contribution in [0.1, 0.15) is 27.2 Å². The Morgan fingerprint density at radius 3 is 2.36 bits per heavy atom. The predicted octanol–water partition coefficient (Wildman–Crippen LogP) is 1.61. The van der Waals surface area contributed by atoms with Crippen molar-refractivity contribution in [3.05, 3.63) is 11.6 Å². The van der Waals surface area contributed by atoms with E-state index in [0.717, 1.165) is 0 Å². The van der Waals surface area contributed by atoms with E-state index < -0.39 is 11.9 Å². The highest BCUT2D eigenvalue weighted by molar-refractivity contribution is 5.93. The minimum Gasteiger partial charge on any atom is -0.481 e. The fraction of sp³-hybridized carbons (Fsp3) is 0.600. The van der Waals surface area contributed by atoms with Crippen molar-refractivity contribution in [3.8, 4) is 0 Å². The maximum absolute atomic E-state index is 11.3. The third-order valence-electron chi connectivity index (χ3n) is 1.41. The lowest BCUT2D eigenvalue weighted by molar-refractivity contribution is -0.142. The van der Waals surface area contributed by atoms with Gasteiger partial charge in [-0.3, -0.25) is 4.79 Å². The van der Waals surface area contributed by atoms with E-state index in [-0.39, 0.29) is 24.5 Å². The fourth-order valence-corrected chi connectivity index (χ4v) is 0.988. The van der Waals surface area contributed by atoms with Gasteiger partial charge in [-0.1, -0.05) is 19.9 Å². The summed E-state index contributed by atoms with van der Waals surface area (Å²) in [7, 11) is 0. The number of aliphatic carboxylic acids is 1. The monoisotopic (exact) mass is 200 g/mol. The molecule has 4 nitrogen and oxygen atoms in total. The van der Waals surface area contributed by atoms with E-state index in [0.29, 0.717) is 0 Å². The molecule has 0 aliphatic rings. The Labute approximate surface area is 83.6 Å². The number of carboxylic acid groups (broad SMARTS) is 1. The zero-order chi connectivity index (χ0) is 11.1. The van der Waals surface area contributed by atoms with Crippen molar-refractivity contribution in [2.75, 3.05) is 6.61 Å². The molecule has 0 fully saturated rings. The molecule has 0 aliphatic heterocycles. The molecule has 0 aliphatic carbocycles. The number of esters is 1. The van der Waals surface area contributed by atoms with Crippen molar-refractivity contribution < 1.29 is 19.4 Å². The number of carbonyl (C=O) groups excluding carboxylic acids is 1. The third kappa shape index (κ3) is 5.35. The molecule has 0 unspecified atom stereocenters. The average Bonchev–Trinajstić information content (AvgIpc) is 2.01. The summed E-state index contributed by atoms with van der Waals surface area (Å²) in [5.74, 6) is -1.43. The van der Waals surface area contributed by atoms with Crippen molar-refractivity contribution in [1.82, 2.24) is 0 Å².